The van der Waals surface area contributed by atoms with E-state index in [0.717, 1.165) is 47.7 Å². The van der Waals surface area contributed by atoms with Crippen molar-refractivity contribution in [3.05, 3.63) is 63.9 Å². The van der Waals surface area contributed by atoms with Crippen LogP contribution in [0.1, 0.15) is 57.1 Å². The zero-order chi connectivity index (χ0) is 23.8. The Labute approximate surface area is 203 Å². The molecule has 7 heteroatoms. The third-order valence-corrected chi connectivity index (χ3v) is 6.76. The number of aryl methyl sites for hydroxylation is 1. The topological polar surface area (TPSA) is 58.6 Å². The van der Waals surface area contributed by atoms with Crippen molar-refractivity contribution in [2.45, 2.75) is 71.0 Å². The first-order valence-corrected chi connectivity index (χ1v) is 12.4. The quantitative estimate of drug-likeness (QED) is 0.483. The Balaban J connectivity index is 1.71. The van der Waals surface area contributed by atoms with E-state index >= 15 is 0 Å². The molecule has 2 aromatic rings. The molecule has 2 aromatic carbocycles. The summed E-state index contributed by atoms with van der Waals surface area (Å²) in [5.74, 6) is -0.257. The van der Waals surface area contributed by atoms with Gasteiger partial charge in [0.25, 0.3) is 5.91 Å². The van der Waals surface area contributed by atoms with Crippen molar-refractivity contribution in [3.63, 3.8) is 0 Å². The summed E-state index contributed by atoms with van der Waals surface area (Å²) in [7, 11) is 0. The Bertz CT molecular complexity index is 945. The van der Waals surface area contributed by atoms with Crippen LogP contribution in [0, 0.1) is 5.82 Å². The van der Waals surface area contributed by atoms with Crippen molar-refractivity contribution >= 4 is 27.7 Å². The first-order chi connectivity index (χ1) is 15.9. The Morgan fingerprint density at radius 2 is 1.79 bits per heavy atom. The highest BCUT2D eigenvalue weighted by molar-refractivity contribution is 9.10. The first-order valence-electron chi connectivity index (χ1n) is 11.6. The zero-order valence-electron chi connectivity index (χ0n) is 19.3. The molecule has 0 spiro atoms. The predicted octanol–water partition coefficient (Wildman–Crippen LogP) is 5.40. The Morgan fingerprint density at radius 3 is 2.42 bits per heavy atom. The predicted molar refractivity (Wildman–Crippen MR) is 130 cm³/mol. The number of amides is 2. The largest absolute Gasteiger partial charge is 0.483 e. The first kappa shape index (κ1) is 25.2. The highest BCUT2D eigenvalue weighted by Crippen LogP contribution is 2.26. The van der Waals surface area contributed by atoms with Gasteiger partial charge in [0.1, 0.15) is 17.6 Å². The van der Waals surface area contributed by atoms with Crippen LogP contribution in [0.3, 0.4) is 0 Å². The average molecular weight is 519 g/mol. The third kappa shape index (κ3) is 7.29. The summed E-state index contributed by atoms with van der Waals surface area (Å²) in [5.41, 5.74) is 1.90. The maximum atomic E-state index is 13.4. The van der Waals surface area contributed by atoms with Crippen LogP contribution >= 0.6 is 15.9 Å². The lowest BCUT2D eigenvalue weighted by Crippen LogP contribution is -2.51. The SMILES string of the molecule is CCc1ccc(OCC(=O)N(Cc2ccc(F)cc2)C(C)C(=O)NC2CCCCC2)c(Br)c1. The van der Waals surface area contributed by atoms with Crippen molar-refractivity contribution in [1.29, 1.82) is 0 Å². The van der Waals surface area contributed by atoms with E-state index in [1.807, 2.05) is 18.2 Å². The van der Waals surface area contributed by atoms with Gasteiger partial charge in [-0.25, -0.2) is 4.39 Å². The molecule has 0 aromatic heterocycles. The summed E-state index contributed by atoms with van der Waals surface area (Å²) in [6.07, 6.45) is 6.25. The summed E-state index contributed by atoms with van der Waals surface area (Å²) >= 11 is 3.49. The van der Waals surface area contributed by atoms with Gasteiger partial charge in [-0.3, -0.25) is 9.59 Å². The fourth-order valence-corrected chi connectivity index (χ4v) is 4.58. The van der Waals surface area contributed by atoms with Crippen LogP contribution in [0.15, 0.2) is 46.9 Å². The second kappa shape index (κ2) is 12.2. The molecule has 2 amide bonds. The molecule has 1 aliphatic rings. The summed E-state index contributed by atoms with van der Waals surface area (Å²) in [4.78, 5) is 27.7. The maximum Gasteiger partial charge on any atom is 0.261 e. The van der Waals surface area contributed by atoms with Crippen LogP contribution in [0.2, 0.25) is 0 Å². The van der Waals surface area contributed by atoms with E-state index in [9.17, 15) is 14.0 Å². The average Bonchev–Trinajstić information content (AvgIpc) is 2.82. The number of nitrogens with zero attached hydrogens (tertiary/aromatic N) is 1. The lowest BCUT2D eigenvalue weighted by atomic mass is 9.95. The van der Waals surface area contributed by atoms with E-state index in [-0.39, 0.29) is 36.8 Å². The molecule has 0 aliphatic heterocycles. The number of hydrogen-bond acceptors (Lipinski definition) is 3. The van der Waals surface area contributed by atoms with Crippen LogP contribution in [-0.4, -0.2) is 35.4 Å². The minimum absolute atomic E-state index is 0.153. The molecule has 178 valence electrons. The molecule has 0 heterocycles. The zero-order valence-corrected chi connectivity index (χ0v) is 20.9. The molecule has 0 saturated heterocycles. The smallest absolute Gasteiger partial charge is 0.261 e. The van der Waals surface area contributed by atoms with Gasteiger partial charge in [0.15, 0.2) is 6.61 Å². The molecule has 1 N–H and O–H groups in total. The van der Waals surface area contributed by atoms with Crippen LogP contribution < -0.4 is 10.1 Å². The normalized spacial score (nSPS) is 15.0. The van der Waals surface area contributed by atoms with E-state index in [2.05, 4.69) is 28.2 Å². The Hall–Kier alpha value is -2.41. The van der Waals surface area contributed by atoms with Gasteiger partial charge in [-0.05, 0) is 77.5 Å². The van der Waals surface area contributed by atoms with E-state index < -0.39 is 6.04 Å². The van der Waals surface area contributed by atoms with Crippen LogP contribution in [0.5, 0.6) is 5.75 Å². The van der Waals surface area contributed by atoms with Crippen LogP contribution in [-0.2, 0) is 22.6 Å². The van der Waals surface area contributed by atoms with Gasteiger partial charge in [-0.1, -0.05) is 44.4 Å². The number of carbonyl (C=O) groups excluding carboxylic acids is 2. The minimum Gasteiger partial charge on any atom is -0.483 e. The third-order valence-electron chi connectivity index (χ3n) is 6.14. The van der Waals surface area contributed by atoms with Crippen molar-refractivity contribution in [3.8, 4) is 5.75 Å². The molecular formula is C26H32BrFN2O3. The van der Waals surface area contributed by atoms with E-state index in [1.54, 1.807) is 19.1 Å². The number of hydrogen-bond donors (Lipinski definition) is 1. The maximum absolute atomic E-state index is 13.4. The molecule has 1 saturated carbocycles. The summed E-state index contributed by atoms with van der Waals surface area (Å²) < 4.78 is 19.9. The Morgan fingerprint density at radius 1 is 1.12 bits per heavy atom. The molecule has 1 fully saturated rings. The number of carbonyl (C=O) groups is 2. The number of rotatable bonds is 9. The summed E-state index contributed by atoms with van der Waals surface area (Å²) in [6, 6.07) is 11.2. The second-order valence-electron chi connectivity index (χ2n) is 8.57. The minimum atomic E-state index is -0.681. The monoisotopic (exact) mass is 518 g/mol. The fraction of sp³-hybridized carbons (Fsp3) is 0.462. The molecule has 1 atom stereocenters. The summed E-state index contributed by atoms with van der Waals surface area (Å²) in [5, 5.41) is 3.10. The van der Waals surface area contributed by atoms with Crippen molar-refractivity contribution in [2.75, 3.05) is 6.61 Å². The standard InChI is InChI=1S/C26H32BrFN2O3/c1-3-19-11-14-24(23(27)15-19)33-17-25(31)30(16-20-9-12-21(28)13-10-20)18(2)26(32)29-22-7-5-4-6-8-22/h9-15,18,22H,3-8,16-17H2,1-2H3,(H,29,32). The highest BCUT2D eigenvalue weighted by atomic mass is 79.9. The highest BCUT2D eigenvalue weighted by Gasteiger charge is 2.28. The fourth-order valence-electron chi connectivity index (χ4n) is 4.04. The van der Waals surface area contributed by atoms with Crippen LogP contribution in [0.25, 0.3) is 0 Å². The van der Waals surface area contributed by atoms with Crippen LogP contribution in [0.4, 0.5) is 4.39 Å². The number of halogens is 2. The van der Waals surface area contributed by atoms with E-state index in [1.165, 1.54) is 23.5 Å². The van der Waals surface area contributed by atoms with Gasteiger partial charge in [-0.15, -0.1) is 0 Å². The van der Waals surface area contributed by atoms with Gasteiger partial charge in [-0.2, -0.15) is 0 Å². The Kier molecular flexibility index (Phi) is 9.30. The van der Waals surface area contributed by atoms with Crippen molar-refractivity contribution < 1.29 is 18.7 Å². The van der Waals surface area contributed by atoms with Crippen molar-refractivity contribution in [2.24, 2.45) is 0 Å². The van der Waals surface area contributed by atoms with E-state index in [0.29, 0.717) is 5.75 Å². The van der Waals surface area contributed by atoms with E-state index in [4.69, 9.17) is 4.74 Å². The number of nitrogens with one attached hydrogen (secondary N) is 1. The summed E-state index contributed by atoms with van der Waals surface area (Å²) in [6.45, 7) is 3.79. The lowest BCUT2D eigenvalue weighted by Gasteiger charge is -2.31. The molecular weight excluding hydrogens is 487 g/mol. The molecule has 3 rings (SSSR count). The lowest BCUT2D eigenvalue weighted by molar-refractivity contribution is -0.142. The van der Waals surface area contributed by atoms with Gasteiger partial charge in [0.2, 0.25) is 5.91 Å². The molecule has 1 aliphatic carbocycles. The molecule has 5 nitrogen and oxygen atoms in total. The molecule has 0 bridgehead atoms. The number of benzene rings is 2. The van der Waals surface area contributed by atoms with Gasteiger partial charge >= 0.3 is 0 Å². The number of ether oxygens (including phenoxy) is 1. The van der Waals surface area contributed by atoms with Gasteiger partial charge < -0.3 is 15.0 Å². The molecule has 33 heavy (non-hydrogen) atoms. The molecule has 0 radical (unpaired) electrons. The van der Waals surface area contributed by atoms with Gasteiger partial charge in [0.05, 0.1) is 4.47 Å². The van der Waals surface area contributed by atoms with Gasteiger partial charge in [0, 0.05) is 12.6 Å². The second-order valence-corrected chi connectivity index (χ2v) is 9.43. The molecule has 1 unspecified atom stereocenters. The van der Waals surface area contributed by atoms with Crippen molar-refractivity contribution in [1.82, 2.24) is 10.2 Å².